The Morgan fingerprint density at radius 3 is 2.31 bits per heavy atom. The molecule has 0 aliphatic carbocycles. The summed E-state index contributed by atoms with van der Waals surface area (Å²) in [5, 5.41) is 5.82. The molecule has 0 aliphatic rings. The Bertz CT molecular complexity index is 984. The van der Waals surface area contributed by atoms with Gasteiger partial charge in [0.15, 0.2) is 0 Å². The molecule has 3 N–H and O–H groups in total. The fraction of sp³-hybridized carbons (Fsp3) is 0.300. The van der Waals surface area contributed by atoms with Crippen LogP contribution in [0, 0.1) is 0 Å². The lowest BCUT2D eigenvalue weighted by molar-refractivity contribution is -0.116. The monoisotopic (exact) mass is 437 g/mol. The average molecular weight is 438 g/mol. The summed E-state index contributed by atoms with van der Waals surface area (Å²) in [6.45, 7) is 5.37. The molecule has 0 saturated heterocycles. The topological polar surface area (TPSA) is 104 Å². The fourth-order valence-electron chi connectivity index (χ4n) is 2.42. The first-order chi connectivity index (χ1) is 13.5. The molecule has 2 rings (SSSR count). The maximum absolute atomic E-state index is 12.4. The second kappa shape index (κ2) is 9.39. The minimum atomic E-state index is -3.71. The van der Waals surface area contributed by atoms with E-state index in [1.54, 1.807) is 57.2 Å². The van der Waals surface area contributed by atoms with Crippen molar-refractivity contribution in [3.63, 3.8) is 0 Å². The van der Waals surface area contributed by atoms with Crippen molar-refractivity contribution < 1.29 is 18.0 Å². The molecule has 0 heterocycles. The highest BCUT2D eigenvalue weighted by molar-refractivity contribution is 7.89. The molecule has 9 heteroatoms. The fourth-order valence-corrected chi connectivity index (χ4v) is 4.01. The van der Waals surface area contributed by atoms with Crippen LogP contribution in [0.15, 0.2) is 53.4 Å². The van der Waals surface area contributed by atoms with Crippen molar-refractivity contribution >= 4 is 39.1 Å². The molecule has 0 radical (unpaired) electrons. The van der Waals surface area contributed by atoms with Crippen LogP contribution >= 0.6 is 11.6 Å². The average Bonchev–Trinajstić information content (AvgIpc) is 2.60. The molecule has 2 aromatic rings. The van der Waals surface area contributed by atoms with Gasteiger partial charge in [0.25, 0.3) is 5.91 Å². The lowest BCUT2D eigenvalue weighted by atomic mass is 10.1. The molecule has 0 bridgehead atoms. The summed E-state index contributed by atoms with van der Waals surface area (Å²) < 4.78 is 27.4. The van der Waals surface area contributed by atoms with Gasteiger partial charge in [0.1, 0.15) is 0 Å². The van der Waals surface area contributed by atoms with E-state index in [0.29, 0.717) is 16.3 Å². The first-order valence-electron chi connectivity index (χ1n) is 8.94. The smallest absolute Gasteiger partial charge is 0.251 e. The third kappa shape index (κ3) is 7.49. The van der Waals surface area contributed by atoms with Gasteiger partial charge in [0, 0.05) is 34.8 Å². The van der Waals surface area contributed by atoms with Crippen molar-refractivity contribution in [2.45, 2.75) is 37.6 Å². The summed E-state index contributed by atoms with van der Waals surface area (Å²) in [6.07, 6.45) is 0.0382. The van der Waals surface area contributed by atoms with Gasteiger partial charge < -0.3 is 10.6 Å². The van der Waals surface area contributed by atoms with Crippen LogP contribution in [0.1, 0.15) is 37.6 Å². The van der Waals surface area contributed by atoms with Gasteiger partial charge in [0.2, 0.25) is 15.9 Å². The normalized spacial score (nSPS) is 11.7. The highest BCUT2D eigenvalue weighted by Gasteiger charge is 2.22. The molecule has 2 amide bonds. The minimum absolute atomic E-state index is 0.0382. The Morgan fingerprint density at radius 2 is 1.69 bits per heavy atom. The largest absolute Gasteiger partial charge is 0.352 e. The van der Waals surface area contributed by atoms with Crippen LogP contribution in [-0.4, -0.2) is 32.3 Å². The summed E-state index contributed by atoms with van der Waals surface area (Å²) in [5.41, 5.74) is 0.176. The minimum Gasteiger partial charge on any atom is -0.352 e. The van der Waals surface area contributed by atoms with Gasteiger partial charge in [-0.15, -0.1) is 0 Å². The molecule has 0 spiro atoms. The predicted molar refractivity (Wildman–Crippen MR) is 114 cm³/mol. The Hall–Kier alpha value is -2.42. The Labute approximate surface area is 175 Å². The van der Waals surface area contributed by atoms with E-state index in [1.165, 1.54) is 12.1 Å². The van der Waals surface area contributed by atoms with Gasteiger partial charge in [-0.05, 0) is 63.2 Å². The molecular weight excluding hydrogens is 414 g/mol. The van der Waals surface area contributed by atoms with E-state index in [-0.39, 0.29) is 29.7 Å². The van der Waals surface area contributed by atoms with E-state index in [0.717, 1.165) is 0 Å². The molecule has 29 heavy (non-hydrogen) atoms. The van der Waals surface area contributed by atoms with Crippen molar-refractivity contribution in [1.29, 1.82) is 0 Å². The van der Waals surface area contributed by atoms with Crippen LogP contribution in [0.5, 0.6) is 0 Å². The first-order valence-corrected chi connectivity index (χ1v) is 10.8. The quantitative estimate of drug-likeness (QED) is 0.618. The molecule has 0 atom stereocenters. The molecule has 0 fully saturated rings. The van der Waals surface area contributed by atoms with Gasteiger partial charge in [-0.3, -0.25) is 9.59 Å². The number of halogens is 1. The highest BCUT2D eigenvalue weighted by atomic mass is 35.5. The maximum atomic E-state index is 12.4. The summed E-state index contributed by atoms with van der Waals surface area (Å²) in [4.78, 5) is 24.2. The predicted octanol–water partition coefficient (Wildman–Crippen LogP) is 3.18. The van der Waals surface area contributed by atoms with Gasteiger partial charge in [0.05, 0.1) is 4.90 Å². The summed E-state index contributed by atoms with van der Waals surface area (Å²) in [5.74, 6) is -0.657. The second-order valence-corrected chi connectivity index (χ2v) is 9.56. The number of amides is 2. The molecular formula is C20H24ClN3O4S. The van der Waals surface area contributed by atoms with Crippen LogP contribution in [0.4, 0.5) is 5.69 Å². The van der Waals surface area contributed by atoms with Crippen LogP contribution < -0.4 is 15.4 Å². The van der Waals surface area contributed by atoms with Crippen molar-refractivity contribution in [3.05, 3.63) is 59.1 Å². The summed E-state index contributed by atoms with van der Waals surface area (Å²) in [6, 6.07) is 12.4. The van der Waals surface area contributed by atoms with E-state index >= 15 is 0 Å². The van der Waals surface area contributed by atoms with Gasteiger partial charge >= 0.3 is 0 Å². The zero-order valence-electron chi connectivity index (χ0n) is 16.5. The number of anilines is 1. The summed E-state index contributed by atoms with van der Waals surface area (Å²) >= 11 is 5.78. The molecule has 156 valence electrons. The second-order valence-electron chi connectivity index (χ2n) is 7.44. The molecule has 7 nitrogen and oxygen atoms in total. The maximum Gasteiger partial charge on any atom is 0.251 e. The number of rotatable bonds is 7. The van der Waals surface area contributed by atoms with Crippen LogP contribution in [-0.2, 0) is 14.8 Å². The van der Waals surface area contributed by atoms with Crippen molar-refractivity contribution in [1.82, 2.24) is 10.0 Å². The van der Waals surface area contributed by atoms with E-state index in [1.807, 2.05) is 0 Å². The first kappa shape index (κ1) is 22.9. The van der Waals surface area contributed by atoms with E-state index in [4.69, 9.17) is 11.6 Å². The number of carbonyl (C=O) groups excluding carboxylic acids is 2. The van der Waals surface area contributed by atoms with E-state index in [2.05, 4.69) is 15.4 Å². The van der Waals surface area contributed by atoms with E-state index < -0.39 is 15.6 Å². The molecule has 0 aromatic heterocycles. The number of nitrogens with one attached hydrogen (secondary N) is 3. The highest BCUT2D eigenvalue weighted by Crippen LogP contribution is 2.17. The van der Waals surface area contributed by atoms with Crippen molar-refractivity contribution in [2.75, 3.05) is 11.9 Å². The van der Waals surface area contributed by atoms with Crippen molar-refractivity contribution in [2.24, 2.45) is 0 Å². The zero-order valence-corrected chi connectivity index (χ0v) is 18.0. The standard InChI is InChI=1S/C20H24ClN3O4S/c1-20(2,3)24-29(27,28)17-6-4-5-16(13-17)23-18(25)11-12-22-19(26)14-7-9-15(21)10-8-14/h4-10,13,24H,11-12H2,1-3H3,(H,22,26)(H,23,25). The third-order valence-corrected chi connectivity index (χ3v) is 5.62. The number of hydrogen-bond donors (Lipinski definition) is 3. The molecule has 0 aliphatic heterocycles. The lowest BCUT2D eigenvalue weighted by Gasteiger charge is -2.20. The Balaban J connectivity index is 1.91. The molecule has 0 unspecified atom stereocenters. The van der Waals surface area contributed by atoms with Gasteiger partial charge in [-0.1, -0.05) is 17.7 Å². The SMILES string of the molecule is CC(C)(C)NS(=O)(=O)c1cccc(NC(=O)CCNC(=O)c2ccc(Cl)cc2)c1. The lowest BCUT2D eigenvalue weighted by Crippen LogP contribution is -2.40. The Kier molecular flexibility index (Phi) is 7.40. The van der Waals surface area contributed by atoms with Crippen molar-refractivity contribution in [3.8, 4) is 0 Å². The van der Waals surface area contributed by atoms with E-state index in [9.17, 15) is 18.0 Å². The van der Waals surface area contributed by atoms with Gasteiger partial charge in [-0.2, -0.15) is 0 Å². The number of hydrogen-bond acceptors (Lipinski definition) is 4. The van der Waals surface area contributed by atoms with Crippen LogP contribution in [0.2, 0.25) is 5.02 Å². The number of benzene rings is 2. The number of sulfonamides is 1. The summed E-state index contributed by atoms with van der Waals surface area (Å²) in [7, 11) is -3.71. The third-order valence-electron chi connectivity index (χ3n) is 3.61. The van der Waals surface area contributed by atoms with Gasteiger partial charge in [-0.25, -0.2) is 13.1 Å². The molecule has 0 saturated carbocycles. The van der Waals surface area contributed by atoms with Crippen LogP contribution in [0.25, 0.3) is 0 Å². The van der Waals surface area contributed by atoms with Crippen LogP contribution in [0.3, 0.4) is 0 Å². The zero-order chi connectivity index (χ0) is 21.7. The number of carbonyl (C=O) groups is 2. The Morgan fingerprint density at radius 1 is 1.03 bits per heavy atom. The molecule has 2 aromatic carbocycles.